The Hall–Kier alpha value is -3.03. The monoisotopic (exact) mass is 360 g/mol. The van der Waals surface area contributed by atoms with Crippen LogP contribution in [0.3, 0.4) is 0 Å². The van der Waals surface area contributed by atoms with E-state index in [-0.39, 0.29) is 5.69 Å². The molecule has 26 heavy (non-hydrogen) atoms. The van der Waals surface area contributed by atoms with Crippen LogP contribution >= 0.6 is 0 Å². The number of benzene rings is 1. The number of rotatable bonds is 5. The Kier molecular flexibility index (Phi) is 5.11. The van der Waals surface area contributed by atoms with Crippen LogP contribution in [-0.4, -0.2) is 41.7 Å². The van der Waals surface area contributed by atoms with Crippen molar-refractivity contribution >= 4 is 29.4 Å². The topological polar surface area (TPSA) is 92.8 Å². The molecule has 0 aromatic heterocycles. The number of nitrogens with one attached hydrogen (secondary N) is 1. The lowest BCUT2D eigenvalue weighted by Gasteiger charge is -2.14. The summed E-state index contributed by atoms with van der Waals surface area (Å²) in [4.78, 5) is 49.0. The minimum atomic E-state index is -0.873. The van der Waals surface area contributed by atoms with Crippen LogP contribution in [0.4, 0.5) is 10.1 Å². The number of esters is 1. The van der Waals surface area contributed by atoms with Crippen molar-refractivity contribution in [1.29, 1.82) is 0 Å². The van der Waals surface area contributed by atoms with Gasteiger partial charge in [-0.2, -0.15) is 0 Å². The summed E-state index contributed by atoms with van der Waals surface area (Å²) < 4.78 is 18.2. The molecular weight excluding hydrogens is 343 g/mol. The molecule has 7 nitrogen and oxygen atoms in total. The van der Waals surface area contributed by atoms with Gasteiger partial charge in [0.2, 0.25) is 11.8 Å². The zero-order valence-electron chi connectivity index (χ0n) is 13.8. The van der Waals surface area contributed by atoms with Crippen molar-refractivity contribution in [2.24, 2.45) is 11.8 Å². The third kappa shape index (κ3) is 3.63. The van der Waals surface area contributed by atoms with Gasteiger partial charge in [0.25, 0.3) is 5.91 Å². The number of carbonyl (C=O) groups excluding carboxylic acids is 4. The Labute approximate surface area is 148 Å². The summed E-state index contributed by atoms with van der Waals surface area (Å²) in [6.07, 6.45) is 4.65. The molecule has 2 atom stereocenters. The fourth-order valence-electron chi connectivity index (χ4n) is 3.09. The summed E-state index contributed by atoms with van der Waals surface area (Å²) in [6.45, 7) is -1.17. The van der Waals surface area contributed by atoms with Crippen LogP contribution < -0.4 is 5.32 Å². The molecule has 0 unspecified atom stereocenters. The second-order valence-corrected chi connectivity index (χ2v) is 6.11. The maximum atomic E-state index is 13.4. The van der Waals surface area contributed by atoms with E-state index < -0.39 is 54.5 Å². The van der Waals surface area contributed by atoms with Crippen molar-refractivity contribution in [1.82, 2.24) is 4.90 Å². The van der Waals surface area contributed by atoms with Crippen molar-refractivity contribution < 1.29 is 28.3 Å². The van der Waals surface area contributed by atoms with E-state index in [2.05, 4.69) is 5.32 Å². The minimum Gasteiger partial charge on any atom is -0.454 e. The van der Waals surface area contributed by atoms with Gasteiger partial charge in [0.05, 0.1) is 17.5 Å². The van der Waals surface area contributed by atoms with Crippen LogP contribution in [0.5, 0.6) is 0 Å². The van der Waals surface area contributed by atoms with Crippen molar-refractivity contribution in [3.05, 3.63) is 42.2 Å². The van der Waals surface area contributed by atoms with Crippen molar-refractivity contribution in [2.45, 2.75) is 12.8 Å². The molecule has 0 saturated carbocycles. The van der Waals surface area contributed by atoms with E-state index in [0.29, 0.717) is 12.8 Å². The number of imide groups is 1. The first-order valence-corrected chi connectivity index (χ1v) is 8.17. The van der Waals surface area contributed by atoms with E-state index in [1.165, 1.54) is 18.2 Å². The van der Waals surface area contributed by atoms with E-state index in [1.807, 2.05) is 12.2 Å². The maximum Gasteiger partial charge on any atom is 0.326 e. The van der Waals surface area contributed by atoms with Crippen LogP contribution in [0.25, 0.3) is 0 Å². The third-order valence-electron chi connectivity index (χ3n) is 4.40. The largest absolute Gasteiger partial charge is 0.454 e. The number of hydrogen-bond donors (Lipinski definition) is 1. The summed E-state index contributed by atoms with van der Waals surface area (Å²) in [5.41, 5.74) is -0.0324. The molecule has 0 bridgehead atoms. The molecule has 1 N–H and O–H groups in total. The molecule has 1 aromatic rings. The summed E-state index contributed by atoms with van der Waals surface area (Å²) in [5.74, 6) is -3.84. The van der Waals surface area contributed by atoms with Crippen LogP contribution in [-0.2, 0) is 23.9 Å². The Morgan fingerprint density at radius 1 is 1.12 bits per heavy atom. The number of ether oxygens (including phenoxy) is 1. The van der Waals surface area contributed by atoms with Crippen LogP contribution in [0, 0.1) is 17.7 Å². The molecule has 1 saturated heterocycles. The zero-order chi connectivity index (χ0) is 18.7. The molecule has 1 fully saturated rings. The first-order chi connectivity index (χ1) is 12.5. The number of amides is 3. The minimum absolute atomic E-state index is 0.0324. The highest BCUT2D eigenvalue weighted by atomic mass is 19.1. The van der Waals surface area contributed by atoms with Gasteiger partial charge >= 0.3 is 5.97 Å². The molecule has 1 aliphatic heterocycles. The van der Waals surface area contributed by atoms with E-state index in [1.54, 1.807) is 6.07 Å². The van der Waals surface area contributed by atoms with E-state index in [0.717, 1.165) is 4.90 Å². The number of halogens is 1. The number of anilines is 1. The number of nitrogens with zero attached hydrogens (tertiary/aromatic N) is 1. The molecule has 1 aromatic carbocycles. The van der Waals surface area contributed by atoms with E-state index in [4.69, 9.17) is 4.74 Å². The van der Waals surface area contributed by atoms with Crippen molar-refractivity contribution in [3.63, 3.8) is 0 Å². The maximum absolute atomic E-state index is 13.4. The summed E-state index contributed by atoms with van der Waals surface area (Å²) in [6, 6.07) is 5.57. The van der Waals surface area contributed by atoms with Crippen molar-refractivity contribution in [3.8, 4) is 0 Å². The highest BCUT2D eigenvalue weighted by Crippen LogP contribution is 2.34. The standard InChI is InChI=1S/C18H17FN2O5/c19-13-7-3-4-8-14(13)20-15(22)10-26-16(23)9-21-17(24)11-5-1-2-6-12(11)18(21)25/h1-4,7-8,11-12H,5-6,9-10H2,(H,20,22)/t11-,12-/m0/s1. The summed E-state index contributed by atoms with van der Waals surface area (Å²) in [5, 5.41) is 2.27. The normalized spacial score (nSPS) is 21.5. The number of likely N-dealkylation sites (tertiary alicyclic amines) is 1. The molecular formula is C18H17FN2O5. The molecule has 0 spiro atoms. The first kappa shape index (κ1) is 17.8. The van der Waals surface area contributed by atoms with E-state index in [9.17, 15) is 23.6 Å². The second kappa shape index (κ2) is 7.47. The average Bonchev–Trinajstić information content (AvgIpc) is 2.87. The summed E-state index contributed by atoms with van der Waals surface area (Å²) in [7, 11) is 0. The van der Waals surface area contributed by atoms with Gasteiger partial charge in [0, 0.05) is 0 Å². The Balaban J connectivity index is 1.50. The smallest absolute Gasteiger partial charge is 0.326 e. The third-order valence-corrected chi connectivity index (χ3v) is 4.40. The second-order valence-electron chi connectivity index (χ2n) is 6.11. The highest BCUT2D eigenvalue weighted by molar-refractivity contribution is 6.07. The average molecular weight is 360 g/mol. The lowest BCUT2D eigenvalue weighted by molar-refractivity contribution is -0.154. The van der Waals surface area contributed by atoms with Crippen LogP contribution in [0.15, 0.2) is 36.4 Å². The Bertz CT molecular complexity index is 766. The fourth-order valence-corrected chi connectivity index (χ4v) is 3.09. The molecule has 1 heterocycles. The zero-order valence-corrected chi connectivity index (χ0v) is 13.8. The van der Waals surface area contributed by atoms with Gasteiger partial charge in [-0.25, -0.2) is 4.39 Å². The number of allylic oxidation sites excluding steroid dienone is 2. The predicted octanol–water partition coefficient (Wildman–Crippen LogP) is 1.26. The molecule has 3 rings (SSSR count). The fraction of sp³-hybridized carbons (Fsp3) is 0.333. The van der Waals surface area contributed by atoms with E-state index >= 15 is 0 Å². The SMILES string of the molecule is O=C(COC(=O)CN1C(=O)[C@H]2CC=CC[C@@H]2C1=O)Nc1ccccc1F. The number of fused-ring (bicyclic) bond motifs is 1. The molecule has 2 aliphatic rings. The van der Waals surface area contributed by atoms with Gasteiger partial charge in [0.15, 0.2) is 6.61 Å². The molecule has 136 valence electrons. The van der Waals surface area contributed by atoms with Gasteiger partial charge in [-0.3, -0.25) is 24.1 Å². The molecule has 1 aliphatic carbocycles. The van der Waals surface area contributed by atoms with Gasteiger partial charge in [0.1, 0.15) is 12.4 Å². The molecule has 3 amide bonds. The lowest BCUT2D eigenvalue weighted by atomic mass is 9.85. The number of hydrogen-bond acceptors (Lipinski definition) is 5. The molecule has 0 radical (unpaired) electrons. The number of carbonyl (C=O) groups is 4. The first-order valence-electron chi connectivity index (χ1n) is 8.17. The quantitative estimate of drug-likeness (QED) is 0.485. The van der Waals surface area contributed by atoms with Crippen LogP contribution in [0.1, 0.15) is 12.8 Å². The highest BCUT2D eigenvalue weighted by Gasteiger charge is 2.47. The lowest BCUT2D eigenvalue weighted by Crippen LogP contribution is -2.37. The van der Waals surface area contributed by atoms with Gasteiger partial charge in [-0.05, 0) is 25.0 Å². The van der Waals surface area contributed by atoms with Gasteiger partial charge in [-0.1, -0.05) is 24.3 Å². The van der Waals surface area contributed by atoms with Gasteiger partial charge in [-0.15, -0.1) is 0 Å². The summed E-state index contributed by atoms with van der Waals surface area (Å²) >= 11 is 0. The van der Waals surface area contributed by atoms with Crippen LogP contribution in [0.2, 0.25) is 0 Å². The van der Waals surface area contributed by atoms with Crippen molar-refractivity contribution in [2.75, 3.05) is 18.5 Å². The molecule has 8 heteroatoms. The predicted molar refractivity (Wildman–Crippen MR) is 88.1 cm³/mol. The van der Waals surface area contributed by atoms with Gasteiger partial charge < -0.3 is 10.1 Å². The Morgan fingerprint density at radius 3 is 2.35 bits per heavy atom. The number of para-hydroxylation sites is 1. The Morgan fingerprint density at radius 2 is 1.73 bits per heavy atom.